The summed E-state index contributed by atoms with van der Waals surface area (Å²) in [5.74, 6) is 1.43. The Hall–Kier alpha value is -2.33. The summed E-state index contributed by atoms with van der Waals surface area (Å²) in [6.07, 6.45) is 6.46. The van der Waals surface area contributed by atoms with Crippen molar-refractivity contribution in [3.63, 3.8) is 0 Å². The van der Waals surface area contributed by atoms with E-state index in [0.29, 0.717) is 11.5 Å². The van der Waals surface area contributed by atoms with E-state index in [1.54, 1.807) is 14.2 Å². The summed E-state index contributed by atoms with van der Waals surface area (Å²) in [5, 5.41) is 0. The van der Waals surface area contributed by atoms with Gasteiger partial charge in [-0.3, -0.25) is 4.79 Å². The Labute approximate surface area is 162 Å². The fourth-order valence-electron chi connectivity index (χ4n) is 3.19. The maximum atomic E-state index is 13.0. The van der Waals surface area contributed by atoms with Crippen molar-refractivity contribution in [3.05, 3.63) is 69.2 Å². The molecule has 0 radical (unpaired) electrons. The highest BCUT2D eigenvalue weighted by Gasteiger charge is 2.21. The molecule has 0 aliphatic heterocycles. The number of ether oxygens (including phenoxy) is 2. The highest BCUT2D eigenvalue weighted by molar-refractivity contribution is 9.10. The lowest BCUT2D eigenvalue weighted by molar-refractivity contribution is -0.112. The van der Waals surface area contributed by atoms with E-state index in [4.69, 9.17) is 9.47 Å². The van der Waals surface area contributed by atoms with Gasteiger partial charge in [-0.2, -0.15) is 0 Å². The lowest BCUT2D eigenvalue weighted by atomic mass is 9.86. The molecule has 0 aromatic heterocycles. The number of allylic oxidation sites excluding steroid dienone is 2. The van der Waals surface area contributed by atoms with Crippen LogP contribution in [0.15, 0.2) is 58.1 Å². The molecule has 2 aromatic rings. The SMILES string of the molecule is COc1cccc(/C=C2\CCC/C(=C\c3cccc(Br)c3)C2=O)c1OC. The third kappa shape index (κ3) is 4.07. The maximum Gasteiger partial charge on any atom is 0.185 e. The van der Waals surface area contributed by atoms with Gasteiger partial charge in [-0.1, -0.05) is 40.2 Å². The first-order valence-corrected chi connectivity index (χ1v) is 9.34. The zero-order valence-electron chi connectivity index (χ0n) is 14.9. The van der Waals surface area contributed by atoms with E-state index in [-0.39, 0.29) is 5.78 Å². The van der Waals surface area contributed by atoms with Crippen molar-refractivity contribution in [3.8, 4) is 11.5 Å². The Bertz CT molecular complexity index is 881. The number of rotatable bonds is 4. The first-order valence-electron chi connectivity index (χ1n) is 8.55. The fraction of sp³-hybridized carbons (Fsp3) is 0.227. The first kappa shape index (κ1) is 18.5. The van der Waals surface area contributed by atoms with Gasteiger partial charge < -0.3 is 9.47 Å². The van der Waals surface area contributed by atoms with Crippen molar-refractivity contribution in [1.29, 1.82) is 0 Å². The van der Waals surface area contributed by atoms with Gasteiger partial charge in [0.25, 0.3) is 0 Å². The lowest BCUT2D eigenvalue weighted by Gasteiger charge is -2.17. The topological polar surface area (TPSA) is 35.5 Å². The smallest absolute Gasteiger partial charge is 0.185 e. The zero-order chi connectivity index (χ0) is 18.5. The van der Waals surface area contributed by atoms with Gasteiger partial charge in [0.15, 0.2) is 17.3 Å². The summed E-state index contributed by atoms with van der Waals surface area (Å²) in [5.41, 5.74) is 3.55. The Morgan fingerprint density at radius 1 is 0.962 bits per heavy atom. The van der Waals surface area contributed by atoms with Gasteiger partial charge in [-0.15, -0.1) is 0 Å². The largest absolute Gasteiger partial charge is 0.493 e. The molecular weight excluding hydrogens is 392 g/mol. The van der Waals surface area contributed by atoms with E-state index in [0.717, 1.165) is 46.0 Å². The molecule has 0 N–H and O–H groups in total. The van der Waals surface area contributed by atoms with Gasteiger partial charge >= 0.3 is 0 Å². The normalized spacial score (nSPS) is 17.6. The fourth-order valence-corrected chi connectivity index (χ4v) is 3.61. The second kappa shape index (κ2) is 8.37. The van der Waals surface area contributed by atoms with E-state index in [1.165, 1.54) is 0 Å². The number of methoxy groups -OCH3 is 2. The van der Waals surface area contributed by atoms with Gasteiger partial charge in [0, 0.05) is 21.2 Å². The molecule has 3 nitrogen and oxygen atoms in total. The quantitative estimate of drug-likeness (QED) is 0.605. The number of halogens is 1. The van der Waals surface area contributed by atoms with E-state index in [1.807, 2.05) is 54.6 Å². The number of ketones is 1. The standard InChI is InChI=1S/C22H21BrO3/c1-25-20-11-5-9-18(22(20)26-2)14-17-8-4-7-16(21(17)24)12-15-6-3-10-19(23)13-15/h3,5-6,9-14H,4,7-8H2,1-2H3/b16-12+,17-14+. The predicted octanol–water partition coefficient (Wildman–Crippen LogP) is 5.69. The zero-order valence-corrected chi connectivity index (χ0v) is 16.5. The third-order valence-corrected chi connectivity index (χ3v) is 4.92. The van der Waals surface area contributed by atoms with Gasteiger partial charge in [0.05, 0.1) is 14.2 Å². The molecule has 1 aliphatic rings. The molecule has 0 saturated heterocycles. The summed E-state index contributed by atoms with van der Waals surface area (Å²) in [7, 11) is 3.22. The Balaban J connectivity index is 1.94. The molecule has 0 spiro atoms. The van der Waals surface area contributed by atoms with E-state index in [9.17, 15) is 4.79 Å². The van der Waals surface area contributed by atoms with Gasteiger partial charge in [-0.05, 0) is 55.2 Å². The molecule has 26 heavy (non-hydrogen) atoms. The minimum atomic E-state index is 0.112. The van der Waals surface area contributed by atoms with Gasteiger partial charge in [-0.25, -0.2) is 0 Å². The third-order valence-electron chi connectivity index (χ3n) is 4.43. The van der Waals surface area contributed by atoms with Crippen LogP contribution < -0.4 is 9.47 Å². The van der Waals surface area contributed by atoms with Crippen molar-refractivity contribution in [2.75, 3.05) is 14.2 Å². The predicted molar refractivity (Wildman–Crippen MR) is 109 cm³/mol. The molecule has 0 atom stereocenters. The maximum absolute atomic E-state index is 13.0. The number of carbonyl (C=O) groups is 1. The number of hydrogen-bond donors (Lipinski definition) is 0. The van der Waals surface area contributed by atoms with Crippen LogP contribution in [0.1, 0.15) is 30.4 Å². The van der Waals surface area contributed by atoms with Crippen LogP contribution in [-0.2, 0) is 4.79 Å². The highest BCUT2D eigenvalue weighted by Crippen LogP contribution is 2.35. The van der Waals surface area contributed by atoms with Crippen LogP contribution in [-0.4, -0.2) is 20.0 Å². The van der Waals surface area contributed by atoms with Crippen LogP contribution in [0.4, 0.5) is 0 Å². The Kier molecular flexibility index (Phi) is 5.94. The summed E-state index contributed by atoms with van der Waals surface area (Å²) in [6.45, 7) is 0. The second-order valence-corrected chi connectivity index (χ2v) is 7.08. The molecule has 1 saturated carbocycles. The number of Topliss-reactive ketones (excluding diaryl/α,β-unsaturated/α-hetero) is 1. The molecule has 0 unspecified atom stereocenters. The molecule has 2 aromatic carbocycles. The van der Waals surface area contributed by atoms with Crippen molar-refractivity contribution < 1.29 is 14.3 Å². The molecule has 134 valence electrons. The van der Waals surface area contributed by atoms with E-state index < -0.39 is 0 Å². The van der Waals surface area contributed by atoms with Gasteiger partial charge in [0.2, 0.25) is 0 Å². The lowest BCUT2D eigenvalue weighted by Crippen LogP contribution is -2.12. The van der Waals surface area contributed by atoms with E-state index in [2.05, 4.69) is 15.9 Å². The molecule has 0 bridgehead atoms. The van der Waals surface area contributed by atoms with Crippen molar-refractivity contribution >= 4 is 33.9 Å². The minimum absolute atomic E-state index is 0.112. The van der Waals surface area contributed by atoms with E-state index >= 15 is 0 Å². The molecule has 0 amide bonds. The van der Waals surface area contributed by atoms with Crippen LogP contribution >= 0.6 is 15.9 Å². The molecule has 4 heteroatoms. The summed E-state index contributed by atoms with van der Waals surface area (Å²) < 4.78 is 11.8. The number of hydrogen-bond acceptors (Lipinski definition) is 3. The van der Waals surface area contributed by atoms with Crippen molar-refractivity contribution in [1.82, 2.24) is 0 Å². The number of para-hydroxylation sites is 1. The first-order chi connectivity index (χ1) is 12.6. The average Bonchev–Trinajstić information content (AvgIpc) is 2.64. The van der Waals surface area contributed by atoms with Crippen LogP contribution in [0.3, 0.4) is 0 Å². The van der Waals surface area contributed by atoms with Crippen LogP contribution in [0.5, 0.6) is 11.5 Å². The number of benzene rings is 2. The summed E-state index contributed by atoms with van der Waals surface area (Å²) >= 11 is 3.48. The highest BCUT2D eigenvalue weighted by atomic mass is 79.9. The average molecular weight is 413 g/mol. The minimum Gasteiger partial charge on any atom is -0.493 e. The summed E-state index contributed by atoms with van der Waals surface area (Å²) in [6, 6.07) is 13.7. The molecule has 3 rings (SSSR count). The van der Waals surface area contributed by atoms with Crippen LogP contribution in [0, 0.1) is 0 Å². The van der Waals surface area contributed by atoms with Gasteiger partial charge in [0.1, 0.15) is 0 Å². The summed E-state index contributed by atoms with van der Waals surface area (Å²) in [4.78, 5) is 13.0. The monoisotopic (exact) mass is 412 g/mol. The molecular formula is C22H21BrO3. The molecule has 1 fully saturated rings. The van der Waals surface area contributed by atoms with Crippen molar-refractivity contribution in [2.24, 2.45) is 0 Å². The Morgan fingerprint density at radius 2 is 1.69 bits per heavy atom. The molecule has 0 heterocycles. The second-order valence-electron chi connectivity index (χ2n) is 6.16. The van der Waals surface area contributed by atoms with Crippen molar-refractivity contribution in [2.45, 2.75) is 19.3 Å². The van der Waals surface area contributed by atoms with Crippen LogP contribution in [0.25, 0.3) is 12.2 Å². The van der Waals surface area contributed by atoms with Crippen LogP contribution in [0.2, 0.25) is 0 Å². The number of carbonyl (C=O) groups excluding carboxylic acids is 1. The Morgan fingerprint density at radius 3 is 2.38 bits per heavy atom. The molecule has 1 aliphatic carbocycles.